The largest absolute Gasteiger partial charge is 0.416 e. The smallest absolute Gasteiger partial charge is 0.376 e. The van der Waals surface area contributed by atoms with Crippen molar-refractivity contribution in [2.45, 2.75) is 44.3 Å². The fourth-order valence-corrected chi connectivity index (χ4v) is 5.36. The van der Waals surface area contributed by atoms with Crippen molar-refractivity contribution in [2.75, 3.05) is 11.9 Å². The molecule has 5 rings (SSSR count). The molecular weight excluding hydrogens is 329 g/mol. The summed E-state index contributed by atoms with van der Waals surface area (Å²) < 4.78 is 37.7. The van der Waals surface area contributed by atoms with Gasteiger partial charge >= 0.3 is 6.18 Å². The number of halogens is 3. The average Bonchev–Trinajstić information content (AvgIpc) is 2.55. The fourth-order valence-electron chi connectivity index (χ4n) is 5.36. The minimum atomic E-state index is -4.34. The van der Waals surface area contributed by atoms with Crippen molar-refractivity contribution in [1.29, 1.82) is 0 Å². The fraction of sp³-hybridized carbons (Fsp3) is 0.632. The van der Waals surface area contributed by atoms with Crippen molar-refractivity contribution < 1.29 is 18.0 Å². The SMILES string of the molecule is O=C(CNc1ccc(C(F)(F)F)cc1)NC1C2CC3CC(C2)CC1C3. The van der Waals surface area contributed by atoms with E-state index in [1.165, 1.54) is 44.2 Å². The Morgan fingerprint density at radius 2 is 1.52 bits per heavy atom. The first-order valence-electron chi connectivity index (χ1n) is 9.09. The van der Waals surface area contributed by atoms with Crippen molar-refractivity contribution in [3.63, 3.8) is 0 Å². The highest BCUT2D eigenvalue weighted by Gasteiger charge is 2.48. The Morgan fingerprint density at radius 3 is 2.04 bits per heavy atom. The molecule has 6 heteroatoms. The Balaban J connectivity index is 1.30. The first-order chi connectivity index (χ1) is 11.9. The van der Waals surface area contributed by atoms with E-state index in [2.05, 4.69) is 10.6 Å². The van der Waals surface area contributed by atoms with Gasteiger partial charge in [-0.2, -0.15) is 13.2 Å². The summed E-state index contributed by atoms with van der Waals surface area (Å²) in [7, 11) is 0. The number of amides is 1. The molecule has 0 aromatic heterocycles. The second kappa shape index (κ2) is 6.22. The molecule has 0 atom stereocenters. The van der Waals surface area contributed by atoms with Crippen molar-refractivity contribution in [3.05, 3.63) is 29.8 Å². The third kappa shape index (κ3) is 3.48. The summed E-state index contributed by atoms with van der Waals surface area (Å²) >= 11 is 0. The molecule has 136 valence electrons. The van der Waals surface area contributed by atoms with Crippen LogP contribution >= 0.6 is 0 Å². The lowest BCUT2D eigenvalue weighted by molar-refractivity contribution is -0.137. The van der Waals surface area contributed by atoms with Gasteiger partial charge in [-0.15, -0.1) is 0 Å². The maximum Gasteiger partial charge on any atom is 0.416 e. The number of nitrogens with one attached hydrogen (secondary N) is 2. The number of anilines is 1. The monoisotopic (exact) mass is 352 g/mol. The Labute approximate surface area is 145 Å². The average molecular weight is 352 g/mol. The van der Waals surface area contributed by atoms with Crippen LogP contribution in [0, 0.1) is 23.7 Å². The molecule has 3 nitrogen and oxygen atoms in total. The number of rotatable bonds is 4. The van der Waals surface area contributed by atoms with E-state index < -0.39 is 11.7 Å². The Hall–Kier alpha value is -1.72. The van der Waals surface area contributed by atoms with Gasteiger partial charge in [-0.3, -0.25) is 4.79 Å². The quantitative estimate of drug-likeness (QED) is 0.858. The topological polar surface area (TPSA) is 41.1 Å². The van der Waals surface area contributed by atoms with Crippen LogP contribution in [0.15, 0.2) is 24.3 Å². The Bertz CT molecular complexity index is 613. The molecule has 0 radical (unpaired) electrons. The maximum atomic E-state index is 12.6. The molecule has 25 heavy (non-hydrogen) atoms. The number of hydrogen-bond donors (Lipinski definition) is 2. The number of carbonyl (C=O) groups excluding carboxylic acids is 1. The molecule has 4 fully saturated rings. The van der Waals surface area contributed by atoms with Gasteiger partial charge in [0, 0.05) is 11.7 Å². The third-order valence-electron chi connectivity index (χ3n) is 6.22. The summed E-state index contributed by atoms with van der Waals surface area (Å²) in [5.74, 6) is 2.89. The molecule has 2 N–H and O–H groups in total. The molecular formula is C19H23F3N2O. The minimum absolute atomic E-state index is 0.0719. The molecule has 4 aliphatic rings. The van der Waals surface area contributed by atoms with Gasteiger partial charge in [-0.05, 0) is 80.0 Å². The highest BCUT2D eigenvalue weighted by atomic mass is 19.4. The van der Waals surface area contributed by atoms with E-state index in [1.54, 1.807) is 0 Å². The van der Waals surface area contributed by atoms with Gasteiger partial charge in [0.15, 0.2) is 0 Å². The first-order valence-corrected chi connectivity index (χ1v) is 9.09. The van der Waals surface area contributed by atoms with Gasteiger partial charge in [0.25, 0.3) is 0 Å². The number of alkyl halides is 3. The lowest BCUT2D eigenvalue weighted by Crippen LogP contribution is -2.56. The number of carbonyl (C=O) groups is 1. The lowest BCUT2D eigenvalue weighted by Gasteiger charge is -2.54. The van der Waals surface area contributed by atoms with Gasteiger partial charge in [0.05, 0.1) is 12.1 Å². The van der Waals surface area contributed by atoms with Crippen LogP contribution in [-0.2, 0) is 11.0 Å². The Kier molecular flexibility index (Phi) is 4.16. The normalized spacial score (nSPS) is 33.3. The van der Waals surface area contributed by atoms with Gasteiger partial charge < -0.3 is 10.6 Å². The molecule has 0 spiro atoms. The first kappa shape index (κ1) is 16.7. The minimum Gasteiger partial charge on any atom is -0.376 e. The van der Waals surface area contributed by atoms with Crippen molar-refractivity contribution >= 4 is 11.6 Å². The van der Waals surface area contributed by atoms with Crippen LogP contribution in [0.4, 0.5) is 18.9 Å². The van der Waals surface area contributed by atoms with Gasteiger partial charge in [-0.1, -0.05) is 0 Å². The zero-order valence-corrected chi connectivity index (χ0v) is 14.0. The van der Waals surface area contributed by atoms with E-state index in [0.717, 1.165) is 24.0 Å². The molecule has 1 aromatic carbocycles. The summed E-state index contributed by atoms with van der Waals surface area (Å²) in [4.78, 5) is 12.3. The van der Waals surface area contributed by atoms with E-state index in [-0.39, 0.29) is 18.5 Å². The predicted molar refractivity (Wildman–Crippen MR) is 88.9 cm³/mol. The van der Waals surface area contributed by atoms with Gasteiger partial charge in [0.1, 0.15) is 0 Å². The van der Waals surface area contributed by atoms with E-state index in [9.17, 15) is 18.0 Å². The highest BCUT2D eigenvalue weighted by molar-refractivity contribution is 5.81. The van der Waals surface area contributed by atoms with Crippen LogP contribution in [0.2, 0.25) is 0 Å². The predicted octanol–water partition coefficient (Wildman–Crippen LogP) is 4.06. The molecule has 1 amide bonds. The second-order valence-electron chi connectivity index (χ2n) is 7.95. The van der Waals surface area contributed by atoms with Gasteiger partial charge in [-0.25, -0.2) is 0 Å². The lowest BCUT2D eigenvalue weighted by atomic mass is 9.54. The van der Waals surface area contributed by atoms with E-state index >= 15 is 0 Å². The van der Waals surface area contributed by atoms with Crippen LogP contribution in [-0.4, -0.2) is 18.5 Å². The van der Waals surface area contributed by atoms with Crippen LogP contribution in [0.5, 0.6) is 0 Å². The molecule has 4 bridgehead atoms. The van der Waals surface area contributed by atoms with Crippen molar-refractivity contribution in [1.82, 2.24) is 5.32 Å². The van der Waals surface area contributed by atoms with Crippen molar-refractivity contribution in [3.8, 4) is 0 Å². The number of benzene rings is 1. The summed E-state index contributed by atoms with van der Waals surface area (Å²) in [6, 6.07) is 5.06. The maximum absolute atomic E-state index is 12.6. The van der Waals surface area contributed by atoms with Gasteiger partial charge in [0.2, 0.25) is 5.91 Å². The number of hydrogen-bond acceptors (Lipinski definition) is 2. The summed E-state index contributed by atoms with van der Waals surface area (Å²) in [5.41, 5.74) is -0.163. The molecule has 0 heterocycles. The molecule has 1 aromatic rings. The van der Waals surface area contributed by atoms with E-state index in [0.29, 0.717) is 17.5 Å². The molecule has 0 saturated heterocycles. The second-order valence-corrected chi connectivity index (χ2v) is 7.95. The van der Waals surface area contributed by atoms with Crippen LogP contribution < -0.4 is 10.6 Å². The molecule has 0 unspecified atom stereocenters. The van der Waals surface area contributed by atoms with Crippen LogP contribution in [0.3, 0.4) is 0 Å². The molecule has 4 saturated carbocycles. The van der Waals surface area contributed by atoms with Crippen molar-refractivity contribution in [2.24, 2.45) is 23.7 Å². The van der Waals surface area contributed by atoms with Crippen LogP contribution in [0.25, 0.3) is 0 Å². The van der Waals surface area contributed by atoms with E-state index in [4.69, 9.17) is 0 Å². The third-order valence-corrected chi connectivity index (χ3v) is 6.22. The highest BCUT2D eigenvalue weighted by Crippen LogP contribution is 2.53. The summed E-state index contributed by atoms with van der Waals surface area (Å²) in [5, 5.41) is 6.10. The zero-order valence-electron chi connectivity index (χ0n) is 14.0. The van der Waals surface area contributed by atoms with E-state index in [1.807, 2.05) is 0 Å². The molecule has 0 aliphatic heterocycles. The zero-order chi connectivity index (χ0) is 17.6. The van der Waals surface area contributed by atoms with Crippen LogP contribution in [0.1, 0.15) is 37.7 Å². The molecule has 4 aliphatic carbocycles. The Morgan fingerprint density at radius 1 is 0.960 bits per heavy atom. The standard InChI is InChI=1S/C19H23F3N2O/c20-19(21,22)15-1-3-16(4-2-15)23-10-17(25)24-18-13-6-11-5-12(8-13)9-14(18)7-11/h1-4,11-14,18,23H,5-10H2,(H,24,25). The summed E-state index contributed by atoms with van der Waals surface area (Å²) in [6.45, 7) is 0.0914. The summed E-state index contributed by atoms with van der Waals surface area (Å²) in [6.07, 6.45) is 2.00.